The molecule has 0 spiro atoms. The highest BCUT2D eigenvalue weighted by molar-refractivity contribution is 9.11. The molecule has 0 aromatic carbocycles. The highest BCUT2D eigenvalue weighted by atomic mass is 79.9. The number of ether oxygens (including phenoxy) is 2. The molecule has 4 aromatic rings. The summed E-state index contributed by atoms with van der Waals surface area (Å²) in [5, 5.41) is 12.6. The van der Waals surface area contributed by atoms with Gasteiger partial charge in [0.2, 0.25) is 5.91 Å². The summed E-state index contributed by atoms with van der Waals surface area (Å²) in [5.41, 5.74) is 2.47. The van der Waals surface area contributed by atoms with Crippen molar-refractivity contribution in [3.63, 3.8) is 0 Å². The standard InChI is InChI=1S/C22H29N7O4S.C18H22BrN5O3S/c1-22(2,3)33-21(32)28-10-8-27(9-11-28)17-4-5-23-12-15(17)25-19(31)16-14-34-20(26-16)29-7-6-24-18(30)13-29;1-18(2,3)27-17(26)24-8-6-23(7-9-24)14-4-5-20-10-12(14)21-15(25)13-11-28-16(19)22-13/h4-5,12,14H,6-11,13H2,1-3H3,(H,24,30)(H,25,31);4-5,10-11H,6-9H2,1-3H3,(H,21,25). The third-order valence-corrected chi connectivity index (χ3v) is 11.6. The topological polar surface area (TPSA) is 208 Å². The molecule has 3 N–H and O–H groups in total. The zero-order valence-corrected chi connectivity index (χ0v) is 38.7. The normalized spacial score (nSPS) is 15.9. The van der Waals surface area contributed by atoms with Gasteiger partial charge in [0.15, 0.2) is 9.05 Å². The zero-order valence-electron chi connectivity index (χ0n) is 35.5. The molecule has 3 saturated heterocycles. The monoisotopic (exact) mass is 954 g/mol. The first-order chi connectivity index (χ1) is 29.4. The number of anilines is 5. The van der Waals surface area contributed by atoms with E-state index in [4.69, 9.17) is 9.47 Å². The van der Waals surface area contributed by atoms with E-state index in [1.54, 1.807) is 45.3 Å². The molecule has 0 atom stereocenters. The van der Waals surface area contributed by atoms with Crippen LogP contribution in [0.5, 0.6) is 0 Å². The number of carbonyl (C=O) groups is 5. The maximum atomic E-state index is 12.9. The summed E-state index contributed by atoms with van der Waals surface area (Å²) in [7, 11) is 0. The number of nitrogens with one attached hydrogen (secondary N) is 3. The van der Waals surface area contributed by atoms with E-state index < -0.39 is 11.2 Å². The lowest BCUT2D eigenvalue weighted by Gasteiger charge is -2.37. The lowest BCUT2D eigenvalue weighted by molar-refractivity contribution is -0.120. The van der Waals surface area contributed by atoms with Gasteiger partial charge in [-0.1, -0.05) is 0 Å². The van der Waals surface area contributed by atoms with Crippen molar-refractivity contribution in [1.29, 1.82) is 0 Å². The molecule has 0 saturated carbocycles. The van der Waals surface area contributed by atoms with E-state index in [0.29, 0.717) is 91.6 Å². The number of hydrogen-bond donors (Lipinski definition) is 3. The van der Waals surface area contributed by atoms with E-state index >= 15 is 0 Å². The van der Waals surface area contributed by atoms with Gasteiger partial charge in [-0.2, -0.15) is 0 Å². The number of amides is 5. The minimum Gasteiger partial charge on any atom is -0.444 e. The average molecular weight is 956 g/mol. The molecule has 332 valence electrons. The minimum absolute atomic E-state index is 0.0563. The van der Waals surface area contributed by atoms with Crippen molar-refractivity contribution in [2.24, 2.45) is 0 Å². The van der Waals surface area contributed by atoms with E-state index in [0.717, 1.165) is 11.4 Å². The Hall–Kier alpha value is -5.61. The average Bonchev–Trinajstić information content (AvgIpc) is 3.91. The van der Waals surface area contributed by atoms with E-state index in [1.807, 2.05) is 58.6 Å². The SMILES string of the molecule is CC(C)(C)OC(=O)N1CCN(c2ccncc2NC(=O)c2csc(Br)n2)CC1.CC(C)(C)OC(=O)N1CCN(c2ccncc2NC(=O)c2csc(N3CCNC(=O)C3)n2)CC1. The molecular weight excluding hydrogens is 905 g/mol. The fraction of sp³-hybridized carbons (Fsp3) is 0.475. The van der Waals surface area contributed by atoms with Crippen LogP contribution < -0.4 is 30.7 Å². The van der Waals surface area contributed by atoms with Crippen molar-refractivity contribution in [2.45, 2.75) is 52.7 Å². The lowest BCUT2D eigenvalue weighted by Crippen LogP contribution is -2.50. The maximum Gasteiger partial charge on any atom is 0.410 e. The molecule has 22 heteroatoms. The Morgan fingerprint density at radius 3 is 1.58 bits per heavy atom. The fourth-order valence-corrected chi connectivity index (χ4v) is 8.30. The van der Waals surface area contributed by atoms with Gasteiger partial charge >= 0.3 is 12.2 Å². The van der Waals surface area contributed by atoms with Crippen LogP contribution in [-0.4, -0.2) is 143 Å². The molecule has 19 nitrogen and oxygen atoms in total. The van der Waals surface area contributed by atoms with E-state index in [1.165, 1.54) is 22.7 Å². The van der Waals surface area contributed by atoms with Gasteiger partial charge in [0, 0.05) is 88.6 Å². The van der Waals surface area contributed by atoms with Crippen LogP contribution in [0.15, 0.2) is 51.6 Å². The lowest BCUT2D eigenvalue weighted by atomic mass is 10.2. The molecule has 0 radical (unpaired) electrons. The number of piperazine rings is 3. The van der Waals surface area contributed by atoms with Crippen LogP contribution in [0.25, 0.3) is 0 Å². The third kappa shape index (κ3) is 12.7. The number of carbonyl (C=O) groups excluding carboxylic acids is 5. The number of rotatable bonds is 7. The summed E-state index contributed by atoms with van der Waals surface area (Å²) in [4.78, 5) is 87.9. The molecule has 7 heterocycles. The Morgan fingerprint density at radius 2 is 1.15 bits per heavy atom. The molecule has 4 aromatic heterocycles. The molecule has 3 aliphatic rings. The van der Waals surface area contributed by atoms with Gasteiger partial charge in [-0.15, -0.1) is 22.7 Å². The van der Waals surface area contributed by atoms with Crippen molar-refractivity contribution < 1.29 is 33.4 Å². The summed E-state index contributed by atoms with van der Waals surface area (Å²) in [6, 6.07) is 3.70. The number of thiazole rings is 2. The molecule has 0 bridgehead atoms. The molecule has 7 rings (SSSR count). The summed E-state index contributed by atoms with van der Waals surface area (Å²) < 4.78 is 11.6. The van der Waals surface area contributed by atoms with Gasteiger partial charge in [-0.05, 0) is 69.6 Å². The van der Waals surface area contributed by atoms with Gasteiger partial charge in [-0.25, -0.2) is 19.6 Å². The number of pyridine rings is 2. The third-order valence-electron chi connectivity index (χ3n) is 9.38. The summed E-state index contributed by atoms with van der Waals surface area (Å²) >= 11 is 5.95. The van der Waals surface area contributed by atoms with Gasteiger partial charge in [0.25, 0.3) is 11.8 Å². The van der Waals surface area contributed by atoms with Crippen molar-refractivity contribution >= 4 is 96.4 Å². The highest BCUT2D eigenvalue weighted by Gasteiger charge is 2.29. The quantitative estimate of drug-likeness (QED) is 0.212. The van der Waals surface area contributed by atoms with Crippen LogP contribution in [0, 0.1) is 0 Å². The van der Waals surface area contributed by atoms with Gasteiger partial charge in [-0.3, -0.25) is 24.4 Å². The van der Waals surface area contributed by atoms with Crippen LogP contribution >= 0.6 is 38.6 Å². The maximum absolute atomic E-state index is 12.9. The second-order valence-corrected chi connectivity index (χ2v) is 19.3. The Morgan fingerprint density at radius 1 is 0.677 bits per heavy atom. The van der Waals surface area contributed by atoms with Gasteiger partial charge in [0.1, 0.15) is 22.6 Å². The second-order valence-electron chi connectivity index (χ2n) is 16.4. The Bertz CT molecular complexity index is 2230. The highest BCUT2D eigenvalue weighted by Crippen LogP contribution is 2.29. The summed E-state index contributed by atoms with van der Waals surface area (Å²) in [5.74, 6) is -0.687. The Balaban J connectivity index is 0.000000211. The molecular formula is C40H51BrN12O7S2. The van der Waals surface area contributed by atoms with Crippen molar-refractivity contribution in [3.05, 3.63) is 63.0 Å². The summed E-state index contributed by atoms with van der Waals surface area (Å²) in [6.07, 6.45) is 5.97. The Labute approximate surface area is 376 Å². The number of hydrogen-bond acceptors (Lipinski definition) is 16. The summed E-state index contributed by atoms with van der Waals surface area (Å²) in [6.45, 7) is 17.1. The Kier molecular flexibility index (Phi) is 14.8. The van der Waals surface area contributed by atoms with E-state index in [2.05, 4.69) is 61.6 Å². The molecule has 62 heavy (non-hydrogen) atoms. The van der Waals surface area contributed by atoms with E-state index in [-0.39, 0.29) is 42.1 Å². The number of aromatic nitrogens is 4. The van der Waals surface area contributed by atoms with Crippen LogP contribution in [0.2, 0.25) is 0 Å². The number of halogens is 1. The first-order valence-corrected chi connectivity index (χ1v) is 22.5. The van der Waals surface area contributed by atoms with Crippen LogP contribution in [-0.2, 0) is 14.3 Å². The smallest absolute Gasteiger partial charge is 0.410 e. The van der Waals surface area contributed by atoms with Crippen LogP contribution in [0.3, 0.4) is 0 Å². The van der Waals surface area contributed by atoms with Crippen molar-refractivity contribution in [2.75, 3.05) is 97.3 Å². The molecule has 5 amide bonds. The van der Waals surface area contributed by atoms with Crippen molar-refractivity contribution in [3.8, 4) is 0 Å². The van der Waals surface area contributed by atoms with Crippen LogP contribution in [0.4, 0.5) is 37.5 Å². The molecule has 0 aliphatic carbocycles. The molecule has 0 unspecified atom stereocenters. The molecule has 3 aliphatic heterocycles. The van der Waals surface area contributed by atoms with E-state index in [9.17, 15) is 24.0 Å². The van der Waals surface area contributed by atoms with Gasteiger partial charge < -0.3 is 49.9 Å². The first kappa shape index (κ1) is 45.9. The second kappa shape index (κ2) is 20.1. The van der Waals surface area contributed by atoms with Crippen LogP contribution in [0.1, 0.15) is 62.5 Å². The largest absolute Gasteiger partial charge is 0.444 e. The van der Waals surface area contributed by atoms with Crippen molar-refractivity contribution in [1.82, 2.24) is 35.1 Å². The first-order valence-electron chi connectivity index (χ1n) is 20.0. The minimum atomic E-state index is -0.535. The fourth-order valence-electron chi connectivity index (χ4n) is 6.48. The predicted octanol–water partition coefficient (Wildman–Crippen LogP) is 5.39. The number of nitrogens with zero attached hydrogens (tertiary/aromatic N) is 9. The predicted molar refractivity (Wildman–Crippen MR) is 242 cm³/mol. The zero-order chi connectivity index (χ0) is 44.6. The van der Waals surface area contributed by atoms with Gasteiger partial charge in [0.05, 0.1) is 41.7 Å². The molecule has 3 fully saturated rings.